The van der Waals surface area contributed by atoms with Crippen molar-refractivity contribution in [1.29, 1.82) is 0 Å². The Balaban J connectivity index is 2.10. The lowest BCUT2D eigenvalue weighted by atomic mass is 10.1. The molecule has 0 spiro atoms. The molecule has 0 aliphatic carbocycles. The molecular weight excluding hydrogens is 234 g/mol. The number of esters is 1. The Kier molecular flexibility index (Phi) is 3.50. The van der Waals surface area contributed by atoms with Gasteiger partial charge in [0.05, 0.1) is 19.6 Å². The van der Waals surface area contributed by atoms with Crippen LogP contribution in [0.3, 0.4) is 0 Å². The van der Waals surface area contributed by atoms with Crippen molar-refractivity contribution in [2.45, 2.75) is 13.0 Å². The summed E-state index contributed by atoms with van der Waals surface area (Å²) in [5, 5.41) is 0. The molecule has 5 nitrogen and oxygen atoms in total. The van der Waals surface area contributed by atoms with Crippen LogP contribution in [0.5, 0.6) is 0 Å². The number of para-hydroxylation sites is 1. The summed E-state index contributed by atoms with van der Waals surface area (Å²) in [6, 6.07) is 9.22. The number of carbonyl (C=O) groups is 2. The number of methoxy groups -OCH3 is 1. The smallest absolute Gasteiger partial charge is 0.414 e. The van der Waals surface area contributed by atoms with Crippen molar-refractivity contribution < 1.29 is 19.1 Å². The average Bonchev–Trinajstić information content (AvgIpc) is 2.80. The van der Waals surface area contributed by atoms with Crippen molar-refractivity contribution in [2.75, 3.05) is 18.6 Å². The van der Waals surface area contributed by atoms with E-state index in [4.69, 9.17) is 4.74 Å². The maximum atomic E-state index is 11.8. The minimum absolute atomic E-state index is 0.360. The quantitative estimate of drug-likeness (QED) is 0.767. The molecule has 1 amide bonds. The molecule has 2 atom stereocenters. The zero-order chi connectivity index (χ0) is 13.1. The van der Waals surface area contributed by atoms with Crippen molar-refractivity contribution in [1.82, 2.24) is 0 Å². The van der Waals surface area contributed by atoms with Crippen LogP contribution in [0.1, 0.15) is 6.92 Å². The Bertz CT molecular complexity index is 446. The first-order valence-electron chi connectivity index (χ1n) is 5.74. The third kappa shape index (κ3) is 2.30. The summed E-state index contributed by atoms with van der Waals surface area (Å²) in [6.07, 6.45) is -0.896. The molecule has 0 bridgehead atoms. The average molecular weight is 249 g/mol. The van der Waals surface area contributed by atoms with Gasteiger partial charge in [0, 0.05) is 5.69 Å². The lowest BCUT2D eigenvalue weighted by molar-refractivity contribution is -0.147. The topological polar surface area (TPSA) is 55.8 Å². The number of hydrogen-bond donors (Lipinski definition) is 0. The highest BCUT2D eigenvalue weighted by atomic mass is 16.6. The summed E-state index contributed by atoms with van der Waals surface area (Å²) in [5.41, 5.74) is 0.766. The van der Waals surface area contributed by atoms with E-state index in [9.17, 15) is 9.59 Å². The minimum atomic E-state index is -0.467. The number of rotatable bonds is 3. The van der Waals surface area contributed by atoms with Gasteiger partial charge in [0.2, 0.25) is 0 Å². The van der Waals surface area contributed by atoms with Gasteiger partial charge < -0.3 is 9.47 Å². The van der Waals surface area contributed by atoms with E-state index < -0.39 is 18.1 Å². The van der Waals surface area contributed by atoms with Gasteiger partial charge in [-0.15, -0.1) is 0 Å². The molecule has 1 saturated heterocycles. The number of nitrogens with zero attached hydrogens (tertiary/aromatic N) is 1. The van der Waals surface area contributed by atoms with Crippen LogP contribution in [0, 0.1) is 5.92 Å². The first-order valence-corrected chi connectivity index (χ1v) is 5.74. The molecule has 1 fully saturated rings. The number of benzene rings is 1. The van der Waals surface area contributed by atoms with E-state index in [1.54, 1.807) is 6.92 Å². The third-order valence-electron chi connectivity index (χ3n) is 3.03. The monoisotopic (exact) mass is 249 g/mol. The molecule has 0 unspecified atom stereocenters. The molecule has 0 N–H and O–H groups in total. The van der Waals surface area contributed by atoms with Gasteiger partial charge in [-0.1, -0.05) is 18.2 Å². The molecule has 1 aromatic carbocycles. The van der Waals surface area contributed by atoms with Crippen LogP contribution in [0.25, 0.3) is 0 Å². The van der Waals surface area contributed by atoms with Gasteiger partial charge in [-0.25, -0.2) is 4.79 Å². The third-order valence-corrected chi connectivity index (χ3v) is 3.03. The van der Waals surface area contributed by atoms with Gasteiger partial charge in [-0.2, -0.15) is 0 Å². The first kappa shape index (κ1) is 12.4. The zero-order valence-corrected chi connectivity index (χ0v) is 10.3. The van der Waals surface area contributed by atoms with Gasteiger partial charge in [-0.05, 0) is 19.1 Å². The van der Waals surface area contributed by atoms with Gasteiger partial charge in [-0.3, -0.25) is 9.69 Å². The lowest BCUT2D eigenvalue weighted by Crippen LogP contribution is -2.31. The molecule has 0 radical (unpaired) electrons. The van der Waals surface area contributed by atoms with E-state index in [0.717, 1.165) is 5.69 Å². The van der Waals surface area contributed by atoms with Crippen LogP contribution in [-0.2, 0) is 14.3 Å². The molecule has 1 aromatic rings. The van der Waals surface area contributed by atoms with Crippen molar-refractivity contribution >= 4 is 17.7 Å². The second-order valence-electron chi connectivity index (χ2n) is 4.18. The van der Waals surface area contributed by atoms with Crippen molar-refractivity contribution in [2.24, 2.45) is 5.92 Å². The zero-order valence-electron chi connectivity index (χ0n) is 10.3. The van der Waals surface area contributed by atoms with E-state index in [0.29, 0.717) is 6.54 Å². The molecule has 0 saturated carbocycles. The Morgan fingerprint density at radius 2 is 2.11 bits per heavy atom. The SMILES string of the molecule is COC(=O)[C@H](C)[C@H]1CN(c2ccccc2)C(=O)O1. The summed E-state index contributed by atoms with van der Waals surface area (Å²) in [7, 11) is 1.32. The predicted octanol–water partition coefficient (Wildman–Crippen LogP) is 1.82. The highest BCUT2D eigenvalue weighted by Crippen LogP contribution is 2.24. The first-order chi connectivity index (χ1) is 8.63. The molecule has 5 heteroatoms. The van der Waals surface area contributed by atoms with E-state index in [1.807, 2.05) is 30.3 Å². The Morgan fingerprint density at radius 1 is 1.44 bits per heavy atom. The van der Waals surface area contributed by atoms with Crippen molar-refractivity contribution in [3.8, 4) is 0 Å². The highest BCUT2D eigenvalue weighted by molar-refractivity contribution is 5.90. The van der Waals surface area contributed by atoms with Crippen molar-refractivity contribution in [3.63, 3.8) is 0 Å². The van der Waals surface area contributed by atoms with E-state index in [2.05, 4.69) is 4.74 Å². The molecule has 18 heavy (non-hydrogen) atoms. The van der Waals surface area contributed by atoms with Crippen LogP contribution >= 0.6 is 0 Å². The molecule has 1 aliphatic heterocycles. The largest absolute Gasteiger partial charge is 0.469 e. The van der Waals surface area contributed by atoms with Crippen LogP contribution in [-0.4, -0.2) is 31.8 Å². The predicted molar refractivity (Wildman–Crippen MR) is 65.2 cm³/mol. The standard InChI is InChI=1S/C13H15NO4/c1-9(12(15)17-2)11-8-14(13(16)18-11)10-6-4-3-5-7-10/h3-7,9,11H,8H2,1-2H3/t9-,11-/m1/s1. The van der Waals surface area contributed by atoms with Crippen molar-refractivity contribution in [3.05, 3.63) is 30.3 Å². The number of ether oxygens (including phenoxy) is 2. The number of cyclic esters (lactones) is 1. The maximum absolute atomic E-state index is 11.8. The van der Waals surface area contributed by atoms with Gasteiger partial charge in [0.25, 0.3) is 0 Å². The van der Waals surface area contributed by atoms with E-state index in [-0.39, 0.29) is 5.97 Å². The molecule has 0 aromatic heterocycles. The fourth-order valence-corrected chi connectivity index (χ4v) is 1.90. The van der Waals surface area contributed by atoms with Gasteiger partial charge in [0.1, 0.15) is 6.10 Å². The van der Waals surface area contributed by atoms with Crippen LogP contribution in [0.4, 0.5) is 10.5 Å². The number of carbonyl (C=O) groups excluding carboxylic acids is 2. The number of anilines is 1. The molecule has 2 rings (SSSR count). The number of hydrogen-bond acceptors (Lipinski definition) is 4. The summed E-state index contributed by atoms with van der Waals surface area (Å²) in [5.74, 6) is -0.838. The molecular formula is C13H15NO4. The van der Waals surface area contributed by atoms with Gasteiger partial charge >= 0.3 is 12.1 Å². The fraction of sp³-hybridized carbons (Fsp3) is 0.385. The maximum Gasteiger partial charge on any atom is 0.414 e. The van der Waals surface area contributed by atoms with Crippen LogP contribution < -0.4 is 4.90 Å². The van der Waals surface area contributed by atoms with Gasteiger partial charge in [0.15, 0.2) is 0 Å². The second kappa shape index (κ2) is 5.08. The molecule has 96 valence electrons. The lowest BCUT2D eigenvalue weighted by Gasteiger charge is -2.15. The Hall–Kier alpha value is -2.04. The van der Waals surface area contributed by atoms with E-state index in [1.165, 1.54) is 12.0 Å². The number of amides is 1. The van der Waals surface area contributed by atoms with Crippen LogP contribution in [0.15, 0.2) is 30.3 Å². The van der Waals surface area contributed by atoms with E-state index >= 15 is 0 Å². The fourth-order valence-electron chi connectivity index (χ4n) is 1.90. The minimum Gasteiger partial charge on any atom is -0.469 e. The summed E-state index contributed by atoms with van der Waals surface area (Å²) < 4.78 is 9.85. The normalized spacial score (nSPS) is 20.4. The Morgan fingerprint density at radius 3 is 2.72 bits per heavy atom. The summed E-state index contributed by atoms with van der Waals surface area (Å²) in [6.45, 7) is 2.05. The highest BCUT2D eigenvalue weighted by Gasteiger charge is 2.38. The summed E-state index contributed by atoms with van der Waals surface area (Å²) >= 11 is 0. The molecule has 1 heterocycles. The molecule has 1 aliphatic rings. The Labute approximate surface area is 105 Å². The second-order valence-corrected chi connectivity index (χ2v) is 4.18. The summed E-state index contributed by atoms with van der Waals surface area (Å²) in [4.78, 5) is 24.7. The van der Waals surface area contributed by atoms with Crippen LogP contribution in [0.2, 0.25) is 0 Å².